The predicted molar refractivity (Wildman–Crippen MR) is 108 cm³/mol. The summed E-state index contributed by atoms with van der Waals surface area (Å²) in [4.78, 5) is 44.6. The average molecular weight is 417 g/mol. The van der Waals surface area contributed by atoms with Crippen molar-refractivity contribution in [3.63, 3.8) is 0 Å². The van der Waals surface area contributed by atoms with Crippen LogP contribution in [0.5, 0.6) is 0 Å². The number of benzene rings is 1. The lowest BCUT2D eigenvalue weighted by Crippen LogP contribution is -2.46. The standard InChI is InChI=1S/C20H23N3O5S/c1-14-18(29-19(21-14)15-6-4-3-5-7-15)20(26)28-13-17(25)22(2)12-16(24)23-8-10-27-11-9-23/h3-7H,8-13H2,1-2H3. The molecule has 0 spiro atoms. The molecule has 0 radical (unpaired) electrons. The SMILES string of the molecule is Cc1nc(-c2ccccc2)sc1C(=O)OCC(=O)N(C)CC(=O)N1CCOCC1. The third kappa shape index (κ3) is 5.39. The van der Waals surface area contributed by atoms with E-state index in [2.05, 4.69) is 4.98 Å². The van der Waals surface area contributed by atoms with Gasteiger partial charge in [0.05, 0.1) is 25.5 Å². The summed E-state index contributed by atoms with van der Waals surface area (Å²) in [6.07, 6.45) is 0. The molecule has 2 aromatic rings. The Bertz CT molecular complexity index is 877. The smallest absolute Gasteiger partial charge is 0.350 e. The molecule has 1 saturated heterocycles. The maximum atomic E-state index is 12.4. The zero-order valence-corrected chi connectivity index (χ0v) is 17.2. The molecule has 0 atom stereocenters. The third-order valence-corrected chi connectivity index (χ3v) is 5.68. The molecule has 0 unspecified atom stereocenters. The first-order chi connectivity index (χ1) is 14.0. The number of nitrogens with zero attached hydrogens (tertiary/aromatic N) is 3. The quantitative estimate of drug-likeness (QED) is 0.664. The fourth-order valence-corrected chi connectivity index (χ4v) is 3.76. The number of rotatable bonds is 6. The number of hydrogen-bond acceptors (Lipinski definition) is 7. The number of ether oxygens (including phenoxy) is 2. The van der Waals surface area contributed by atoms with Crippen molar-refractivity contribution in [2.75, 3.05) is 46.5 Å². The van der Waals surface area contributed by atoms with E-state index >= 15 is 0 Å². The molecule has 9 heteroatoms. The highest BCUT2D eigenvalue weighted by atomic mass is 32.1. The van der Waals surface area contributed by atoms with Crippen LogP contribution in [0.25, 0.3) is 10.6 Å². The third-order valence-electron chi connectivity index (χ3n) is 4.49. The summed E-state index contributed by atoms with van der Waals surface area (Å²) in [6.45, 7) is 3.28. The number of likely N-dealkylation sites (N-methyl/N-ethyl adjacent to an activating group) is 1. The van der Waals surface area contributed by atoms with Gasteiger partial charge < -0.3 is 19.3 Å². The van der Waals surface area contributed by atoms with Gasteiger partial charge in [0.25, 0.3) is 5.91 Å². The van der Waals surface area contributed by atoms with E-state index in [9.17, 15) is 14.4 Å². The highest BCUT2D eigenvalue weighted by Gasteiger charge is 2.22. The van der Waals surface area contributed by atoms with E-state index in [0.717, 1.165) is 10.6 Å². The molecular formula is C20H23N3O5S. The summed E-state index contributed by atoms with van der Waals surface area (Å²) < 4.78 is 10.4. The lowest BCUT2D eigenvalue weighted by molar-refractivity contribution is -0.143. The lowest BCUT2D eigenvalue weighted by Gasteiger charge is -2.28. The Morgan fingerprint density at radius 2 is 1.90 bits per heavy atom. The molecule has 1 aromatic heterocycles. The van der Waals surface area contributed by atoms with Gasteiger partial charge in [-0.05, 0) is 6.92 Å². The monoisotopic (exact) mass is 417 g/mol. The second kappa shape index (κ2) is 9.62. The number of morpholine rings is 1. The highest BCUT2D eigenvalue weighted by Crippen LogP contribution is 2.28. The van der Waals surface area contributed by atoms with Crippen molar-refractivity contribution < 1.29 is 23.9 Å². The molecule has 1 aromatic carbocycles. The van der Waals surface area contributed by atoms with E-state index in [1.807, 2.05) is 30.3 Å². The zero-order valence-electron chi connectivity index (χ0n) is 16.4. The first-order valence-corrected chi connectivity index (χ1v) is 10.1. The van der Waals surface area contributed by atoms with E-state index < -0.39 is 18.5 Å². The van der Waals surface area contributed by atoms with Gasteiger partial charge in [0, 0.05) is 25.7 Å². The maximum Gasteiger partial charge on any atom is 0.350 e. The molecule has 29 heavy (non-hydrogen) atoms. The Balaban J connectivity index is 1.52. The molecular weight excluding hydrogens is 394 g/mol. The van der Waals surface area contributed by atoms with Crippen LogP contribution in [0.15, 0.2) is 30.3 Å². The second-order valence-electron chi connectivity index (χ2n) is 6.62. The van der Waals surface area contributed by atoms with Gasteiger partial charge in [-0.1, -0.05) is 30.3 Å². The summed E-state index contributed by atoms with van der Waals surface area (Å²) in [7, 11) is 1.51. The average Bonchev–Trinajstić information content (AvgIpc) is 3.14. The maximum absolute atomic E-state index is 12.4. The topological polar surface area (TPSA) is 89.0 Å². The van der Waals surface area contributed by atoms with Crippen LogP contribution in [0.3, 0.4) is 0 Å². The molecule has 0 aliphatic carbocycles. The van der Waals surface area contributed by atoms with E-state index in [0.29, 0.717) is 36.9 Å². The van der Waals surface area contributed by atoms with Gasteiger partial charge in [-0.3, -0.25) is 9.59 Å². The van der Waals surface area contributed by atoms with Gasteiger partial charge in [-0.2, -0.15) is 0 Å². The minimum atomic E-state index is -0.594. The van der Waals surface area contributed by atoms with Crippen molar-refractivity contribution in [2.45, 2.75) is 6.92 Å². The van der Waals surface area contributed by atoms with Crippen LogP contribution < -0.4 is 0 Å². The normalized spacial score (nSPS) is 13.8. The fraction of sp³-hybridized carbons (Fsp3) is 0.400. The summed E-state index contributed by atoms with van der Waals surface area (Å²) >= 11 is 1.23. The molecule has 1 fully saturated rings. The highest BCUT2D eigenvalue weighted by molar-refractivity contribution is 7.17. The summed E-state index contributed by atoms with van der Waals surface area (Å²) in [5.41, 5.74) is 1.47. The lowest BCUT2D eigenvalue weighted by atomic mass is 10.2. The number of esters is 1. The van der Waals surface area contributed by atoms with Gasteiger partial charge in [0.2, 0.25) is 5.91 Å². The van der Waals surface area contributed by atoms with Crippen molar-refractivity contribution in [2.24, 2.45) is 0 Å². The van der Waals surface area contributed by atoms with Gasteiger partial charge >= 0.3 is 5.97 Å². The van der Waals surface area contributed by atoms with E-state index in [1.165, 1.54) is 23.3 Å². The van der Waals surface area contributed by atoms with Crippen LogP contribution in [0.1, 0.15) is 15.4 Å². The number of carbonyl (C=O) groups is 3. The number of aromatic nitrogens is 1. The molecule has 0 N–H and O–H groups in total. The van der Waals surface area contributed by atoms with Gasteiger partial charge in [-0.15, -0.1) is 11.3 Å². The zero-order chi connectivity index (χ0) is 20.8. The number of amides is 2. The van der Waals surface area contributed by atoms with Crippen molar-refractivity contribution in [3.05, 3.63) is 40.9 Å². The minimum Gasteiger partial charge on any atom is -0.451 e. The summed E-state index contributed by atoms with van der Waals surface area (Å²) in [6, 6.07) is 9.54. The fourth-order valence-electron chi connectivity index (χ4n) is 2.80. The molecule has 0 saturated carbocycles. The molecule has 2 heterocycles. The first-order valence-electron chi connectivity index (χ1n) is 9.25. The van der Waals surface area contributed by atoms with Crippen LogP contribution in [-0.2, 0) is 19.1 Å². The molecule has 1 aliphatic heterocycles. The van der Waals surface area contributed by atoms with E-state index in [4.69, 9.17) is 9.47 Å². The number of thiazole rings is 1. The van der Waals surface area contributed by atoms with Crippen molar-refractivity contribution >= 4 is 29.1 Å². The van der Waals surface area contributed by atoms with Gasteiger partial charge in [-0.25, -0.2) is 9.78 Å². The molecule has 3 rings (SSSR count). The summed E-state index contributed by atoms with van der Waals surface area (Å²) in [5.74, 6) is -1.19. The van der Waals surface area contributed by atoms with Crippen LogP contribution in [-0.4, -0.2) is 79.1 Å². The summed E-state index contributed by atoms with van der Waals surface area (Å²) in [5, 5.41) is 0.717. The van der Waals surface area contributed by atoms with E-state index in [-0.39, 0.29) is 12.5 Å². The molecule has 8 nitrogen and oxygen atoms in total. The second-order valence-corrected chi connectivity index (χ2v) is 7.62. The number of carbonyl (C=O) groups excluding carboxylic acids is 3. The van der Waals surface area contributed by atoms with Crippen molar-refractivity contribution in [1.82, 2.24) is 14.8 Å². The Hall–Kier alpha value is -2.78. The molecule has 154 valence electrons. The molecule has 2 amide bonds. The van der Waals surface area contributed by atoms with Crippen LogP contribution in [0, 0.1) is 6.92 Å². The number of aryl methyl sites for hydroxylation is 1. The van der Waals surface area contributed by atoms with Crippen LogP contribution in [0.2, 0.25) is 0 Å². The minimum absolute atomic E-state index is 0.0614. The van der Waals surface area contributed by atoms with Gasteiger partial charge in [0.1, 0.15) is 9.88 Å². The van der Waals surface area contributed by atoms with Crippen LogP contribution >= 0.6 is 11.3 Å². The van der Waals surface area contributed by atoms with Crippen molar-refractivity contribution in [3.8, 4) is 10.6 Å². The van der Waals surface area contributed by atoms with Gasteiger partial charge in [0.15, 0.2) is 6.61 Å². The largest absolute Gasteiger partial charge is 0.451 e. The molecule has 1 aliphatic rings. The van der Waals surface area contributed by atoms with E-state index in [1.54, 1.807) is 11.8 Å². The Morgan fingerprint density at radius 3 is 2.59 bits per heavy atom. The predicted octanol–water partition coefficient (Wildman–Crippen LogP) is 1.59. The first kappa shape index (κ1) is 20.9. The Morgan fingerprint density at radius 1 is 1.21 bits per heavy atom. The Labute approximate surface area is 173 Å². The molecule has 0 bridgehead atoms. The Kier molecular flexibility index (Phi) is 6.95. The van der Waals surface area contributed by atoms with Crippen LogP contribution in [0.4, 0.5) is 0 Å². The van der Waals surface area contributed by atoms with Crippen molar-refractivity contribution in [1.29, 1.82) is 0 Å². The number of hydrogen-bond donors (Lipinski definition) is 0.